The van der Waals surface area contributed by atoms with Crippen molar-refractivity contribution in [2.45, 2.75) is 25.4 Å². The van der Waals surface area contributed by atoms with Crippen molar-refractivity contribution in [1.82, 2.24) is 20.2 Å². The number of benzene rings is 1. The van der Waals surface area contributed by atoms with E-state index in [1.54, 1.807) is 12.3 Å². The number of alkyl halides is 2. The average Bonchev–Trinajstić information content (AvgIpc) is 2.80. The number of amides is 1. The molecule has 3 aromatic rings. The summed E-state index contributed by atoms with van der Waals surface area (Å²) in [5.41, 5.74) is -1.29. The van der Waals surface area contributed by atoms with E-state index in [4.69, 9.17) is 0 Å². The lowest BCUT2D eigenvalue weighted by atomic mass is 9.72. The van der Waals surface area contributed by atoms with E-state index in [1.165, 1.54) is 24.5 Å². The third-order valence-electron chi connectivity index (χ3n) is 6.94. The number of nitrogens with one attached hydrogen (secondary N) is 1. The van der Waals surface area contributed by atoms with Crippen molar-refractivity contribution in [3.05, 3.63) is 89.3 Å². The van der Waals surface area contributed by atoms with Crippen molar-refractivity contribution >= 4 is 11.6 Å². The number of likely N-dealkylation sites (tertiary alicyclic amines) is 1. The molecule has 1 spiro atoms. The lowest BCUT2D eigenvalue weighted by molar-refractivity contribution is -0.122. The summed E-state index contributed by atoms with van der Waals surface area (Å²) in [6.45, 7) is 4.87. The second-order valence-electron chi connectivity index (χ2n) is 9.83. The summed E-state index contributed by atoms with van der Waals surface area (Å²) < 4.78 is 69.8. The van der Waals surface area contributed by atoms with Gasteiger partial charge in [0.2, 0.25) is 5.91 Å². The zero-order valence-corrected chi connectivity index (χ0v) is 19.9. The first-order chi connectivity index (χ1) is 17.6. The molecule has 4 heterocycles. The van der Waals surface area contributed by atoms with Gasteiger partial charge < -0.3 is 10.2 Å². The van der Waals surface area contributed by atoms with E-state index in [0.29, 0.717) is 12.6 Å². The molecule has 0 aliphatic carbocycles. The van der Waals surface area contributed by atoms with Crippen LogP contribution >= 0.6 is 0 Å². The highest BCUT2D eigenvalue weighted by atomic mass is 19.3. The summed E-state index contributed by atoms with van der Waals surface area (Å²) in [7, 11) is 0. The second-order valence-corrected chi connectivity index (χ2v) is 9.83. The molecular formula is C26H24F5N5O. The van der Waals surface area contributed by atoms with Gasteiger partial charge in [-0.2, -0.15) is 0 Å². The van der Waals surface area contributed by atoms with Gasteiger partial charge >= 0.3 is 0 Å². The smallest absolute Gasteiger partial charge is 0.271 e. The second kappa shape index (κ2) is 9.37. The van der Waals surface area contributed by atoms with Crippen LogP contribution in [-0.2, 0) is 16.9 Å². The molecule has 2 saturated heterocycles. The Morgan fingerprint density at radius 1 is 1.03 bits per heavy atom. The van der Waals surface area contributed by atoms with E-state index in [-0.39, 0.29) is 22.5 Å². The molecule has 6 nitrogen and oxygen atoms in total. The van der Waals surface area contributed by atoms with E-state index >= 15 is 0 Å². The van der Waals surface area contributed by atoms with Gasteiger partial charge in [-0.1, -0.05) is 12.1 Å². The Morgan fingerprint density at radius 2 is 1.78 bits per heavy atom. The summed E-state index contributed by atoms with van der Waals surface area (Å²) in [6, 6.07) is 6.87. The number of nitrogens with zero attached hydrogens (tertiary/aromatic N) is 4. The van der Waals surface area contributed by atoms with E-state index < -0.39 is 29.5 Å². The van der Waals surface area contributed by atoms with Gasteiger partial charge in [0.1, 0.15) is 5.82 Å². The molecule has 11 heteroatoms. The zero-order chi connectivity index (χ0) is 26.4. The van der Waals surface area contributed by atoms with Crippen molar-refractivity contribution in [3.63, 3.8) is 0 Å². The Bertz CT molecular complexity index is 1310. The van der Waals surface area contributed by atoms with Gasteiger partial charge in [-0.25, -0.2) is 22.0 Å². The van der Waals surface area contributed by atoms with Gasteiger partial charge in [0.05, 0.1) is 23.8 Å². The van der Waals surface area contributed by atoms with Crippen LogP contribution in [0, 0.1) is 22.9 Å². The maximum absolute atomic E-state index is 14.5. The molecule has 1 N–H and O–H groups in total. The molecule has 2 aliphatic rings. The molecule has 2 aliphatic heterocycles. The van der Waals surface area contributed by atoms with Crippen LogP contribution in [-0.4, -0.2) is 53.4 Å². The first kappa shape index (κ1) is 25.1. The number of carbonyl (C=O) groups is 1. The normalized spacial score (nSPS) is 18.3. The van der Waals surface area contributed by atoms with Crippen LogP contribution in [0.5, 0.6) is 0 Å². The Morgan fingerprint density at radius 3 is 2.38 bits per heavy atom. The number of rotatable bonds is 7. The summed E-state index contributed by atoms with van der Waals surface area (Å²) >= 11 is 0. The van der Waals surface area contributed by atoms with Crippen LogP contribution in [0.1, 0.15) is 23.7 Å². The van der Waals surface area contributed by atoms with E-state index in [9.17, 15) is 26.7 Å². The predicted octanol–water partition coefficient (Wildman–Crippen LogP) is 3.86. The molecule has 1 aromatic carbocycles. The zero-order valence-electron chi connectivity index (χ0n) is 19.9. The van der Waals surface area contributed by atoms with Gasteiger partial charge in [0, 0.05) is 57.3 Å². The monoisotopic (exact) mass is 517 g/mol. The molecule has 194 valence electrons. The minimum Gasteiger partial charge on any atom is -0.369 e. The highest BCUT2D eigenvalue weighted by Gasteiger charge is 2.51. The topological polar surface area (TPSA) is 61.4 Å². The predicted molar refractivity (Wildman–Crippen MR) is 125 cm³/mol. The third kappa shape index (κ3) is 4.63. The van der Waals surface area contributed by atoms with Gasteiger partial charge in [0.15, 0.2) is 17.2 Å². The minimum absolute atomic E-state index is 0.128. The SMILES string of the molecule is CC(=O)N[C@@](c1ccc(F)c(F)c1)(c1ccc(CN2CC3(C2)CN(c2cncc(F)c2)C3)cn1)C(F)F. The summed E-state index contributed by atoms with van der Waals surface area (Å²) in [5.74, 6) is -3.64. The first-order valence-corrected chi connectivity index (χ1v) is 11.7. The molecule has 37 heavy (non-hydrogen) atoms. The molecule has 0 saturated carbocycles. The standard InChI is InChI=1S/C26H24F5N5O/c1-16(37)34-26(24(30)31,18-3-4-21(28)22(29)6-18)23-5-2-17(8-33-23)11-35-12-25(13-35)14-36(15-25)20-7-19(27)9-32-10-20/h2-10,24H,11-15H2,1H3,(H,34,37)/t26-/m0/s1. The Balaban J connectivity index is 1.28. The van der Waals surface area contributed by atoms with Gasteiger partial charge in [-0.05, 0) is 29.3 Å². The number of pyridine rings is 2. The Hall–Kier alpha value is -3.60. The lowest BCUT2D eigenvalue weighted by Gasteiger charge is -2.61. The summed E-state index contributed by atoms with van der Waals surface area (Å²) in [4.78, 5) is 24.2. The van der Waals surface area contributed by atoms with Crippen LogP contribution in [0.15, 0.2) is 55.0 Å². The highest BCUT2D eigenvalue weighted by molar-refractivity contribution is 5.75. The van der Waals surface area contributed by atoms with Crippen LogP contribution < -0.4 is 10.2 Å². The number of halogens is 5. The molecule has 2 aromatic heterocycles. The van der Waals surface area contributed by atoms with Crippen LogP contribution in [0.25, 0.3) is 0 Å². The fourth-order valence-corrected chi connectivity index (χ4v) is 5.34. The minimum atomic E-state index is -3.19. The summed E-state index contributed by atoms with van der Waals surface area (Å²) in [6.07, 6.45) is 1.07. The number of aromatic nitrogens is 2. The Labute approximate surface area is 210 Å². The number of carbonyl (C=O) groups excluding carboxylic acids is 1. The molecule has 2 fully saturated rings. The fourth-order valence-electron chi connectivity index (χ4n) is 5.34. The highest BCUT2D eigenvalue weighted by Crippen LogP contribution is 2.42. The third-order valence-corrected chi connectivity index (χ3v) is 6.94. The van der Waals surface area contributed by atoms with Crippen molar-refractivity contribution in [3.8, 4) is 0 Å². The van der Waals surface area contributed by atoms with E-state index in [1.807, 2.05) is 0 Å². The first-order valence-electron chi connectivity index (χ1n) is 11.7. The number of anilines is 1. The number of hydrogen-bond acceptors (Lipinski definition) is 5. The molecule has 0 unspecified atom stereocenters. The van der Waals surface area contributed by atoms with Crippen molar-refractivity contribution in [1.29, 1.82) is 0 Å². The molecule has 1 atom stereocenters. The van der Waals surface area contributed by atoms with Crippen LogP contribution in [0.2, 0.25) is 0 Å². The quantitative estimate of drug-likeness (QED) is 0.483. The van der Waals surface area contributed by atoms with Crippen molar-refractivity contribution in [2.24, 2.45) is 5.41 Å². The van der Waals surface area contributed by atoms with Crippen molar-refractivity contribution < 1.29 is 26.7 Å². The molecule has 0 bridgehead atoms. The molecule has 5 rings (SSSR count). The Kier molecular flexibility index (Phi) is 6.35. The van der Waals surface area contributed by atoms with E-state index in [0.717, 1.165) is 56.5 Å². The molecular weight excluding hydrogens is 493 g/mol. The number of hydrogen-bond donors (Lipinski definition) is 1. The maximum atomic E-state index is 14.5. The van der Waals surface area contributed by atoms with Crippen LogP contribution in [0.4, 0.5) is 27.6 Å². The van der Waals surface area contributed by atoms with Gasteiger partial charge in [0.25, 0.3) is 6.43 Å². The molecule has 1 amide bonds. The summed E-state index contributed by atoms with van der Waals surface area (Å²) in [5, 5.41) is 2.22. The maximum Gasteiger partial charge on any atom is 0.271 e. The van der Waals surface area contributed by atoms with Crippen LogP contribution in [0.3, 0.4) is 0 Å². The average molecular weight is 518 g/mol. The largest absolute Gasteiger partial charge is 0.369 e. The van der Waals surface area contributed by atoms with E-state index in [2.05, 4.69) is 25.1 Å². The lowest BCUT2D eigenvalue weighted by Crippen LogP contribution is -2.72. The van der Waals surface area contributed by atoms with Crippen molar-refractivity contribution in [2.75, 3.05) is 31.1 Å². The van der Waals surface area contributed by atoms with Gasteiger partial charge in [-0.15, -0.1) is 0 Å². The van der Waals surface area contributed by atoms with Gasteiger partial charge in [-0.3, -0.25) is 19.7 Å². The fraction of sp³-hybridized carbons (Fsp3) is 0.346. The molecule has 0 radical (unpaired) electrons.